The Balaban J connectivity index is 1.43. The van der Waals surface area contributed by atoms with Crippen LogP contribution in [0.2, 0.25) is 0 Å². The van der Waals surface area contributed by atoms with Gasteiger partial charge in [0.15, 0.2) is 23.0 Å². The van der Waals surface area contributed by atoms with E-state index >= 15 is 0 Å². The van der Waals surface area contributed by atoms with Crippen LogP contribution in [0.5, 0.6) is 11.5 Å². The van der Waals surface area contributed by atoms with Crippen molar-refractivity contribution < 1.29 is 48.0 Å². The van der Waals surface area contributed by atoms with Gasteiger partial charge in [0.25, 0.3) is 5.91 Å². The van der Waals surface area contributed by atoms with Gasteiger partial charge in [-0.25, -0.2) is 4.79 Å². The summed E-state index contributed by atoms with van der Waals surface area (Å²) in [5.74, 6) is -3.71. The lowest BCUT2D eigenvalue weighted by molar-refractivity contribution is -0.152. The Bertz CT molecular complexity index is 2230. The predicted octanol–water partition coefficient (Wildman–Crippen LogP) is 7.76. The second kappa shape index (κ2) is 15.7. The van der Waals surface area contributed by atoms with Gasteiger partial charge >= 0.3 is 11.9 Å². The highest BCUT2D eigenvalue weighted by molar-refractivity contribution is 6.07. The SMILES string of the molecule is CC(C(Cc1ccc(C(=O)c2ccccc2)o1)c1ccc2c(c1)OCO2)N(Cc1ccc2ccccc2c1)C(=O)C(O)=C(CC(=O)O)C(=O)OC(C)(C)C. The summed E-state index contributed by atoms with van der Waals surface area (Å²) in [6.45, 7) is 6.61. The van der Waals surface area contributed by atoms with Gasteiger partial charge in [-0.15, -0.1) is 0 Å². The highest BCUT2D eigenvalue weighted by Gasteiger charge is 2.36. The molecule has 11 nitrogen and oxygen atoms in total. The number of carboxylic acid groups (broad SMARTS) is 1. The first-order valence-electron chi connectivity index (χ1n) is 17.5. The summed E-state index contributed by atoms with van der Waals surface area (Å²) >= 11 is 0. The number of rotatable bonds is 13. The van der Waals surface area contributed by atoms with Crippen LogP contribution in [0.25, 0.3) is 10.8 Å². The molecule has 1 aliphatic heterocycles. The lowest BCUT2D eigenvalue weighted by Crippen LogP contribution is -2.43. The van der Waals surface area contributed by atoms with E-state index in [0.717, 1.165) is 21.9 Å². The largest absolute Gasteiger partial charge is 0.503 e. The minimum Gasteiger partial charge on any atom is -0.503 e. The Morgan fingerprint density at radius 1 is 0.815 bits per heavy atom. The fraction of sp³-hybridized carbons (Fsp3) is 0.256. The van der Waals surface area contributed by atoms with Crippen LogP contribution in [-0.4, -0.2) is 57.2 Å². The van der Waals surface area contributed by atoms with E-state index in [1.54, 1.807) is 70.2 Å². The maximum absolute atomic E-state index is 14.6. The minimum atomic E-state index is -1.43. The van der Waals surface area contributed by atoms with Crippen molar-refractivity contribution >= 4 is 34.4 Å². The van der Waals surface area contributed by atoms with Gasteiger partial charge in [0.1, 0.15) is 11.4 Å². The Kier molecular flexibility index (Phi) is 10.9. The molecular weight excluding hydrogens is 690 g/mol. The van der Waals surface area contributed by atoms with Gasteiger partial charge in [-0.3, -0.25) is 14.4 Å². The molecule has 2 unspecified atom stereocenters. The number of aliphatic hydroxyl groups excluding tert-OH is 1. The van der Waals surface area contributed by atoms with Crippen molar-refractivity contribution in [2.24, 2.45) is 0 Å². The molecule has 0 bridgehead atoms. The van der Waals surface area contributed by atoms with E-state index < -0.39 is 53.2 Å². The molecule has 278 valence electrons. The van der Waals surface area contributed by atoms with E-state index in [0.29, 0.717) is 22.8 Å². The van der Waals surface area contributed by atoms with Crippen molar-refractivity contribution in [3.63, 3.8) is 0 Å². The number of furan rings is 1. The van der Waals surface area contributed by atoms with Gasteiger partial charge in [0, 0.05) is 30.5 Å². The van der Waals surface area contributed by atoms with Gasteiger partial charge in [-0.05, 0) is 79.9 Å². The first kappa shape index (κ1) is 37.4. The first-order chi connectivity index (χ1) is 25.8. The summed E-state index contributed by atoms with van der Waals surface area (Å²) in [6.07, 6.45) is -0.746. The molecule has 0 saturated heterocycles. The molecule has 0 saturated carbocycles. The van der Waals surface area contributed by atoms with E-state index in [4.69, 9.17) is 18.6 Å². The molecule has 0 fully saturated rings. The van der Waals surface area contributed by atoms with Gasteiger partial charge in [0.05, 0.1) is 12.0 Å². The summed E-state index contributed by atoms with van der Waals surface area (Å²) in [5, 5.41) is 23.1. The van der Waals surface area contributed by atoms with Crippen LogP contribution in [0, 0.1) is 0 Å². The number of carbonyl (C=O) groups excluding carboxylic acids is 3. The van der Waals surface area contributed by atoms with E-state index in [2.05, 4.69) is 0 Å². The zero-order chi connectivity index (χ0) is 38.6. The zero-order valence-corrected chi connectivity index (χ0v) is 30.4. The highest BCUT2D eigenvalue weighted by Crippen LogP contribution is 2.38. The standard InChI is InChI=1S/C43H41NO10/c1-26(33(31-16-18-35-37(21-31)52-25-51-35)22-32-17-19-36(53-32)39(47)29-11-6-5-7-12-29)44(24-27-14-15-28-10-8-9-13-30(28)20-27)41(49)40(48)34(23-38(45)46)42(50)54-43(2,3)4/h5-21,26,33,48H,22-25H2,1-4H3,(H,45,46). The zero-order valence-electron chi connectivity index (χ0n) is 30.4. The third-order valence-corrected chi connectivity index (χ3v) is 9.13. The monoisotopic (exact) mass is 731 g/mol. The number of amides is 1. The summed E-state index contributed by atoms with van der Waals surface area (Å²) in [5.41, 5.74) is 0.216. The summed E-state index contributed by atoms with van der Waals surface area (Å²) in [7, 11) is 0. The number of nitrogens with zero attached hydrogens (tertiary/aromatic N) is 1. The normalized spacial score (nSPS) is 13.9. The Morgan fingerprint density at radius 2 is 1.52 bits per heavy atom. The Labute approximate surface area is 312 Å². The second-order valence-corrected chi connectivity index (χ2v) is 14.1. The number of ether oxygens (including phenoxy) is 3. The van der Waals surface area contributed by atoms with E-state index in [9.17, 15) is 29.4 Å². The van der Waals surface area contributed by atoms with Crippen LogP contribution in [0.3, 0.4) is 0 Å². The highest BCUT2D eigenvalue weighted by atomic mass is 16.7. The number of esters is 1. The van der Waals surface area contributed by atoms with E-state index in [1.165, 1.54) is 4.90 Å². The molecule has 0 aliphatic carbocycles. The van der Waals surface area contributed by atoms with Gasteiger partial charge < -0.3 is 33.7 Å². The molecule has 2 atom stereocenters. The molecule has 4 aromatic carbocycles. The Hall–Kier alpha value is -6.36. The van der Waals surface area contributed by atoms with Crippen LogP contribution in [0.1, 0.15) is 73.0 Å². The number of aliphatic hydroxyl groups is 1. The van der Waals surface area contributed by atoms with Gasteiger partial charge in [-0.1, -0.05) is 72.8 Å². The van der Waals surface area contributed by atoms with E-state index in [-0.39, 0.29) is 31.3 Å². The van der Waals surface area contributed by atoms with Crippen molar-refractivity contribution in [2.75, 3.05) is 6.79 Å². The van der Waals surface area contributed by atoms with E-state index in [1.807, 2.05) is 60.7 Å². The van der Waals surface area contributed by atoms with Crippen molar-refractivity contribution in [3.8, 4) is 11.5 Å². The Morgan fingerprint density at radius 3 is 2.24 bits per heavy atom. The molecule has 2 heterocycles. The number of fused-ring (bicyclic) bond motifs is 2. The minimum absolute atomic E-state index is 0.0273. The number of benzene rings is 4. The fourth-order valence-electron chi connectivity index (χ4n) is 6.43. The molecule has 2 N–H and O–H groups in total. The lowest BCUT2D eigenvalue weighted by atomic mass is 9.86. The smallest absolute Gasteiger partial charge is 0.339 e. The van der Waals surface area contributed by atoms with Crippen molar-refractivity contribution in [3.05, 3.63) is 143 Å². The predicted molar refractivity (Wildman–Crippen MR) is 199 cm³/mol. The summed E-state index contributed by atoms with van der Waals surface area (Å²) in [6, 6.07) is 30.2. The van der Waals surface area contributed by atoms with Gasteiger partial charge in [-0.2, -0.15) is 0 Å². The molecule has 0 radical (unpaired) electrons. The number of ketones is 1. The van der Waals surface area contributed by atoms with Crippen LogP contribution in [-0.2, 0) is 32.1 Å². The molecule has 1 aliphatic rings. The maximum atomic E-state index is 14.6. The van der Waals surface area contributed by atoms with Crippen molar-refractivity contribution in [1.29, 1.82) is 0 Å². The second-order valence-electron chi connectivity index (χ2n) is 14.1. The van der Waals surface area contributed by atoms with Gasteiger partial charge in [0.2, 0.25) is 12.6 Å². The maximum Gasteiger partial charge on any atom is 0.339 e. The molecule has 0 spiro atoms. The topological polar surface area (TPSA) is 153 Å². The summed E-state index contributed by atoms with van der Waals surface area (Å²) < 4.78 is 22.8. The number of carbonyl (C=O) groups is 4. The van der Waals surface area contributed by atoms with Crippen molar-refractivity contribution in [1.82, 2.24) is 4.90 Å². The molecule has 1 amide bonds. The quantitative estimate of drug-likeness (QED) is 0.0532. The van der Waals surface area contributed by atoms with Crippen LogP contribution in [0.4, 0.5) is 0 Å². The molecular formula is C43H41NO10. The molecule has 11 heteroatoms. The number of hydrogen-bond donors (Lipinski definition) is 2. The fourth-order valence-corrected chi connectivity index (χ4v) is 6.43. The van der Waals surface area contributed by atoms with Crippen LogP contribution in [0.15, 0.2) is 119 Å². The number of carboxylic acids is 1. The number of hydrogen-bond acceptors (Lipinski definition) is 9. The van der Waals surface area contributed by atoms with Crippen LogP contribution >= 0.6 is 0 Å². The third-order valence-electron chi connectivity index (χ3n) is 9.13. The summed E-state index contributed by atoms with van der Waals surface area (Å²) in [4.78, 5) is 54.4. The van der Waals surface area contributed by atoms with Crippen LogP contribution < -0.4 is 9.47 Å². The molecule has 1 aromatic heterocycles. The average Bonchev–Trinajstić information content (AvgIpc) is 3.83. The van der Waals surface area contributed by atoms with Crippen molar-refractivity contribution in [2.45, 2.75) is 64.6 Å². The third kappa shape index (κ3) is 8.63. The lowest BCUT2D eigenvalue weighted by Gasteiger charge is -2.35. The average molecular weight is 732 g/mol. The molecule has 54 heavy (non-hydrogen) atoms. The number of aliphatic carboxylic acids is 1. The molecule has 6 rings (SSSR count). The first-order valence-corrected chi connectivity index (χ1v) is 17.5. The molecule has 5 aromatic rings.